The van der Waals surface area contributed by atoms with Gasteiger partial charge in [0.25, 0.3) is 5.91 Å². The fourth-order valence-corrected chi connectivity index (χ4v) is 5.96. The number of halogens is 1. The van der Waals surface area contributed by atoms with Crippen LogP contribution in [0.15, 0.2) is 53.0 Å². The number of para-hydroxylation sites is 1. The Labute approximate surface area is 238 Å². The lowest BCUT2D eigenvalue weighted by Gasteiger charge is -2.33. The zero-order valence-electron chi connectivity index (χ0n) is 22.3. The summed E-state index contributed by atoms with van der Waals surface area (Å²) in [5, 5.41) is 6.50. The van der Waals surface area contributed by atoms with E-state index in [9.17, 15) is 9.59 Å². The maximum Gasteiger partial charge on any atom is 0.408 e. The predicted octanol–water partition coefficient (Wildman–Crippen LogP) is 5.10. The molecule has 0 radical (unpaired) electrons. The molecular weight excluding hydrogens is 568 g/mol. The van der Waals surface area contributed by atoms with Crippen molar-refractivity contribution >= 4 is 45.4 Å². The third-order valence-electron chi connectivity index (χ3n) is 6.32. The minimum atomic E-state index is -0.909. The van der Waals surface area contributed by atoms with E-state index in [0.717, 1.165) is 42.0 Å². The number of nitrogens with one attached hydrogen (secondary N) is 1. The Morgan fingerprint density at radius 3 is 2.42 bits per heavy atom. The third kappa shape index (κ3) is 7.80. The zero-order chi connectivity index (χ0) is 27.1. The monoisotopic (exact) mass is 604 g/mol. The second kappa shape index (κ2) is 13.1. The first kappa shape index (κ1) is 28.6. The molecule has 38 heavy (non-hydrogen) atoms. The molecule has 0 bridgehead atoms. The van der Waals surface area contributed by atoms with Gasteiger partial charge < -0.3 is 14.8 Å². The quantitative estimate of drug-likeness (QED) is 0.449. The number of hydrogen-bond acceptors (Lipinski definition) is 7. The minimum absolute atomic E-state index is 0.222. The maximum atomic E-state index is 13.9. The van der Waals surface area contributed by atoms with E-state index >= 15 is 0 Å². The highest BCUT2D eigenvalue weighted by Gasteiger charge is 2.35. The van der Waals surface area contributed by atoms with Gasteiger partial charge in [-0.1, -0.05) is 24.3 Å². The summed E-state index contributed by atoms with van der Waals surface area (Å²) in [6, 6.07) is 14.3. The molecule has 2 saturated heterocycles. The Morgan fingerprint density at radius 1 is 1.03 bits per heavy atom. The Morgan fingerprint density at radius 2 is 1.74 bits per heavy atom. The summed E-state index contributed by atoms with van der Waals surface area (Å²) in [6.45, 7) is 10.4. The molecule has 0 aliphatic carbocycles. The van der Waals surface area contributed by atoms with Crippen LogP contribution in [-0.4, -0.2) is 78.3 Å². The minimum Gasteiger partial charge on any atom is -0.492 e. The molecule has 2 heterocycles. The number of ether oxygens (including phenoxy) is 2. The van der Waals surface area contributed by atoms with E-state index in [1.165, 1.54) is 11.5 Å². The van der Waals surface area contributed by atoms with Crippen LogP contribution in [0.25, 0.3) is 0 Å². The van der Waals surface area contributed by atoms with E-state index in [1.54, 1.807) is 25.8 Å². The number of carbonyl (C=O) groups excluding carboxylic acids is 2. The second-order valence-electron chi connectivity index (χ2n) is 10.3. The number of benzene rings is 2. The average Bonchev–Trinajstić information content (AvgIpc) is 3.37. The Kier molecular flexibility index (Phi) is 9.84. The van der Waals surface area contributed by atoms with Crippen LogP contribution >= 0.6 is 27.7 Å². The maximum absolute atomic E-state index is 13.9. The first-order valence-corrected chi connectivity index (χ1v) is 15.0. The van der Waals surface area contributed by atoms with Crippen LogP contribution in [0, 0.1) is 0 Å². The van der Waals surface area contributed by atoms with Crippen LogP contribution in [0.3, 0.4) is 0 Å². The number of rotatable bonds is 8. The van der Waals surface area contributed by atoms with Crippen molar-refractivity contribution in [1.29, 1.82) is 0 Å². The highest BCUT2D eigenvalue weighted by atomic mass is 79.9. The van der Waals surface area contributed by atoms with E-state index in [1.807, 2.05) is 65.3 Å². The molecule has 2 aliphatic rings. The highest BCUT2D eigenvalue weighted by molar-refractivity contribution is 9.10. The average molecular weight is 606 g/mol. The molecule has 1 N–H and O–H groups in total. The van der Waals surface area contributed by atoms with Gasteiger partial charge in [0.1, 0.15) is 24.0 Å². The predicted molar refractivity (Wildman–Crippen MR) is 156 cm³/mol. The van der Waals surface area contributed by atoms with Crippen LogP contribution < -0.4 is 15.1 Å². The summed E-state index contributed by atoms with van der Waals surface area (Å²) in [5.41, 5.74) is 0.891. The van der Waals surface area contributed by atoms with Gasteiger partial charge in [0.2, 0.25) is 0 Å². The number of amides is 2. The number of hydrazine groups is 1. The number of thioether (sulfide) groups is 1. The molecule has 2 fully saturated rings. The van der Waals surface area contributed by atoms with Gasteiger partial charge in [-0.3, -0.25) is 19.7 Å². The number of carbonyl (C=O) groups is 2. The second-order valence-corrected chi connectivity index (χ2v) is 12.4. The lowest BCUT2D eigenvalue weighted by atomic mass is 10.1. The summed E-state index contributed by atoms with van der Waals surface area (Å²) in [7, 11) is 0. The van der Waals surface area contributed by atoms with E-state index in [2.05, 4.69) is 26.1 Å². The molecule has 0 spiro atoms. The Hall–Kier alpha value is -2.43. The van der Waals surface area contributed by atoms with Crippen LogP contribution in [-0.2, 0) is 9.53 Å². The van der Waals surface area contributed by atoms with Crippen LogP contribution in [0.5, 0.6) is 5.75 Å². The van der Waals surface area contributed by atoms with Crippen molar-refractivity contribution in [2.45, 2.75) is 38.8 Å². The molecular formula is C28H37BrN4O4S. The van der Waals surface area contributed by atoms with Gasteiger partial charge in [0.15, 0.2) is 0 Å². The van der Waals surface area contributed by atoms with Crippen molar-refractivity contribution in [2.75, 3.05) is 55.8 Å². The smallest absolute Gasteiger partial charge is 0.408 e. The van der Waals surface area contributed by atoms with Crippen LogP contribution in [0.4, 0.5) is 10.5 Å². The largest absolute Gasteiger partial charge is 0.492 e. The summed E-state index contributed by atoms with van der Waals surface area (Å²) >= 11 is 5.60. The van der Waals surface area contributed by atoms with Crippen LogP contribution in [0.1, 0.15) is 38.8 Å². The molecule has 10 heteroatoms. The molecule has 0 aromatic heterocycles. The molecule has 4 rings (SSSR count). The molecule has 8 nitrogen and oxygen atoms in total. The molecule has 0 unspecified atom stereocenters. The number of nitrogens with zero attached hydrogens (tertiary/aromatic N) is 3. The van der Waals surface area contributed by atoms with Gasteiger partial charge in [-0.2, -0.15) is 11.8 Å². The van der Waals surface area contributed by atoms with Crippen molar-refractivity contribution in [3.63, 3.8) is 0 Å². The molecule has 1 atom stereocenters. The fourth-order valence-electron chi connectivity index (χ4n) is 4.49. The van der Waals surface area contributed by atoms with Gasteiger partial charge in [0.05, 0.1) is 5.69 Å². The normalized spacial score (nSPS) is 17.3. The van der Waals surface area contributed by atoms with Gasteiger partial charge in [-0.05, 0) is 73.0 Å². The first-order valence-electron chi connectivity index (χ1n) is 13.1. The van der Waals surface area contributed by atoms with Gasteiger partial charge in [-0.15, -0.1) is 0 Å². The SMILES string of the molecule is CC(C)(C)OC(=O)N[C@H](C(=O)N1CCCN1c1ccccc1Br)c1ccc(OCCN2CCSCC2)cc1. The molecule has 2 aliphatic heterocycles. The molecule has 2 amide bonds. The summed E-state index contributed by atoms with van der Waals surface area (Å²) < 4.78 is 12.4. The summed E-state index contributed by atoms with van der Waals surface area (Å²) in [4.78, 5) is 29.1. The lowest BCUT2D eigenvalue weighted by molar-refractivity contribution is -0.133. The van der Waals surface area contributed by atoms with Gasteiger partial charge in [-0.25, -0.2) is 4.79 Å². The summed E-state index contributed by atoms with van der Waals surface area (Å²) in [5.74, 6) is 2.86. The van der Waals surface area contributed by atoms with E-state index < -0.39 is 17.7 Å². The molecule has 206 valence electrons. The fraction of sp³-hybridized carbons (Fsp3) is 0.500. The summed E-state index contributed by atoms with van der Waals surface area (Å²) in [6.07, 6.45) is 0.192. The van der Waals surface area contributed by atoms with Crippen molar-refractivity contribution in [3.8, 4) is 5.75 Å². The highest BCUT2D eigenvalue weighted by Crippen LogP contribution is 2.31. The zero-order valence-corrected chi connectivity index (χ0v) is 24.7. The van der Waals surface area contributed by atoms with Crippen molar-refractivity contribution in [1.82, 2.24) is 15.2 Å². The van der Waals surface area contributed by atoms with Crippen LogP contribution in [0.2, 0.25) is 0 Å². The van der Waals surface area contributed by atoms with Gasteiger partial charge >= 0.3 is 6.09 Å². The molecule has 0 saturated carbocycles. The lowest BCUT2D eigenvalue weighted by Crippen LogP contribution is -2.49. The van der Waals surface area contributed by atoms with E-state index in [0.29, 0.717) is 25.3 Å². The Bertz CT molecular complexity index is 1090. The van der Waals surface area contributed by atoms with E-state index in [4.69, 9.17) is 9.47 Å². The Balaban J connectivity index is 1.49. The number of anilines is 1. The van der Waals surface area contributed by atoms with E-state index in [-0.39, 0.29) is 5.91 Å². The van der Waals surface area contributed by atoms with Crippen molar-refractivity contribution in [2.24, 2.45) is 0 Å². The number of hydrogen-bond donors (Lipinski definition) is 1. The van der Waals surface area contributed by atoms with Crippen molar-refractivity contribution in [3.05, 3.63) is 58.6 Å². The molecule has 2 aromatic rings. The number of alkyl carbamates (subject to hydrolysis) is 1. The first-order chi connectivity index (χ1) is 18.2. The topological polar surface area (TPSA) is 74.3 Å². The standard InChI is InChI=1S/C28H37BrN4O4S/c1-28(2,3)37-27(35)30-25(26(34)33-14-6-13-32(33)24-8-5-4-7-23(24)29)21-9-11-22(12-10-21)36-18-15-31-16-19-38-20-17-31/h4-5,7-12,25H,6,13-20H2,1-3H3,(H,30,35)/t25-/m0/s1. The molecule has 2 aromatic carbocycles. The third-order valence-corrected chi connectivity index (χ3v) is 7.93. The van der Waals surface area contributed by atoms with Crippen molar-refractivity contribution < 1.29 is 19.1 Å². The van der Waals surface area contributed by atoms with Gasteiger partial charge in [0, 0.05) is 48.7 Å².